The van der Waals surface area contributed by atoms with Gasteiger partial charge in [-0.2, -0.15) is 0 Å². The molecule has 0 saturated heterocycles. The van der Waals surface area contributed by atoms with Crippen LogP contribution in [-0.2, 0) is 6.42 Å². The van der Waals surface area contributed by atoms with Gasteiger partial charge < -0.3 is 5.11 Å². The first-order valence-corrected chi connectivity index (χ1v) is 4.62. The Kier molecular flexibility index (Phi) is 4.05. The molecule has 0 bridgehead atoms. The fourth-order valence-electron chi connectivity index (χ4n) is 0.958. The van der Waals surface area contributed by atoms with Gasteiger partial charge in [-0.3, -0.25) is 0 Å². The smallest absolute Gasteiger partial charge is 0.0612 e. The molecule has 1 rings (SSSR count). The molecule has 0 fully saturated rings. The molecule has 0 aliphatic carbocycles. The predicted molar refractivity (Wildman–Crippen MR) is 54.1 cm³/mol. The molecular formula is C10H11BrO. The van der Waals surface area contributed by atoms with E-state index in [1.807, 2.05) is 18.2 Å². The van der Waals surface area contributed by atoms with Gasteiger partial charge in [-0.25, -0.2) is 0 Å². The van der Waals surface area contributed by atoms with E-state index in [-0.39, 0.29) is 6.61 Å². The third-order valence-electron chi connectivity index (χ3n) is 1.51. The molecule has 1 aromatic carbocycles. The summed E-state index contributed by atoms with van der Waals surface area (Å²) in [6.07, 6.45) is 4.59. The fourth-order valence-corrected chi connectivity index (χ4v) is 1.40. The minimum atomic E-state index is 0.119. The standard InChI is InChI=1S/C10H11BrO/c11-10-6-3-5-9(8-10)4-1-2-7-12/h1-3,5-6,8,12H,4,7H2. The number of allylic oxidation sites excluding steroid dienone is 1. The van der Waals surface area contributed by atoms with Crippen LogP contribution in [0, 0.1) is 0 Å². The summed E-state index contributed by atoms with van der Waals surface area (Å²) in [7, 11) is 0. The second-order valence-corrected chi connectivity index (χ2v) is 3.40. The molecule has 0 unspecified atom stereocenters. The molecule has 1 nitrogen and oxygen atoms in total. The number of aliphatic hydroxyl groups is 1. The number of hydrogen-bond donors (Lipinski definition) is 1. The van der Waals surface area contributed by atoms with Gasteiger partial charge in [0.2, 0.25) is 0 Å². The maximum Gasteiger partial charge on any atom is 0.0612 e. The highest BCUT2D eigenvalue weighted by molar-refractivity contribution is 9.10. The topological polar surface area (TPSA) is 20.2 Å². The molecule has 0 heterocycles. The van der Waals surface area contributed by atoms with Crippen LogP contribution >= 0.6 is 15.9 Å². The monoisotopic (exact) mass is 226 g/mol. The predicted octanol–water partition coefficient (Wildman–Crippen LogP) is 2.54. The molecule has 0 atom stereocenters. The second kappa shape index (κ2) is 5.12. The molecule has 64 valence electrons. The highest BCUT2D eigenvalue weighted by Crippen LogP contribution is 2.11. The van der Waals surface area contributed by atoms with E-state index >= 15 is 0 Å². The molecule has 0 spiro atoms. The molecule has 1 aromatic rings. The Morgan fingerprint density at radius 3 is 2.83 bits per heavy atom. The summed E-state index contributed by atoms with van der Waals surface area (Å²) in [4.78, 5) is 0. The summed E-state index contributed by atoms with van der Waals surface area (Å²) in [5, 5.41) is 8.50. The largest absolute Gasteiger partial charge is 0.392 e. The zero-order valence-corrected chi connectivity index (χ0v) is 8.29. The van der Waals surface area contributed by atoms with Crippen molar-refractivity contribution in [2.45, 2.75) is 6.42 Å². The summed E-state index contributed by atoms with van der Waals surface area (Å²) in [6.45, 7) is 0.119. The summed E-state index contributed by atoms with van der Waals surface area (Å²) in [5.74, 6) is 0. The number of rotatable bonds is 3. The molecule has 12 heavy (non-hydrogen) atoms. The first-order chi connectivity index (χ1) is 5.83. The van der Waals surface area contributed by atoms with Crippen molar-refractivity contribution in [1.82, 2.24) is 0 Å². The van der Waals surface area contributed by atoms with Gasteiger partial charge >= 0.3 is 0 Å². The molecule has 0 aliphatic heterocycles. The Labute approximate surface area is 80.9 Å². The van der Waals surface area contributed by atoms with Crippen LogP contribution in [0.15, 0.2) is 40.9 Å². The van der Waals surface area contributed by atoms with Gasteiger partial charge in [0.05, 0.1) is 6.61 Å². The zero-order valence-electron chi connectivity index (χ0n) is 6.70. The van der Waals surface area contributed by atoms with Gasteiger partial charge in [0.25, 0.3) is 0 Å². The van der Waals surface area contributed by atoms with E-state index in [0.717, 1.165) is 10.9 Å². The molecule has 1 N–H and O–H groups in total. The second-order valence-electron chi connectivity index (χ2n) is 2.49. The Bertz CT molecular complexity index is 268. The minimum Gasteiger partial charge on any atom is -0.392 e. The number of benzene rings is 1. The SMILES string of the molecule is OCC=CCc1cccc(Br)c1. The summed E-state index contributed by atoms with van der Waals surface area (Å²) in [6, 6.07) is 8.14. The Morgan fingerprint density at radius 2 is 2.17 bits per heavy atom. The molecule has 0 aliphatic rings. The van der Waals surface area contributed by atoms with Gasteiger partial charge in [-0.05, 0) is 24.1 Å². The van der Waals surface area contributed by atoms with E-state index in [1.54, 1.807) is 6.08 Å². The van der Waals surface area contributed by atoms with Crippen molar-refractivity contribution in [2.75, 3.05) is 6.61 Å². The van der Waals surface area contributed by atoms with E-state index in [2.05, 4.69) is 28.1 Å². The summed E-state index contributed by atoms with van der Waals surface area (Å²) < 4.78 is 1.09. The van der Waals surface area contributed by atoms with Crippen LogP contribution in [0.4, 0.5) is 0 Å². The minimum absolute atomic E-state index is 0.119. The highest BCUT2D eigenvalue weighted by atomic mass is 79.9. The van der Waals surface area contributed by atoms with E-state index in [1.165, 1.54) is 5.56 Å². The van der Waals surface area contributed by atoms with Crippen molar-refractivity contribution >= 4 is 15.9 Å². The van der Waals surface area contributed by atoms with E-state index < -0.39 is 0 Å². The summed E-state index contributed by atoms with van der Waals surface area (Å²) >= 11 is 3.40. The van der Waals surface area contributed by atoms with Crippen molar-refractivity contribution in [1.29, 1.82) is 0 Å². The maximum atomic E-state index is 8.50. The van der Waals surface area contributed by atoms with Crippen LogP contribution < -0.4 is 0 Å². The van der Waals surface area contributed by atoms with Gasteiger partial charge in [0.1, 0.15) is 0 Å². The normalized spacial score (nSPS) is 10.8. The van der Waals surface area contributed by atoms with E-state index in [4.69, 9.17) is 5.11 Å². The lowest BCUT2D eigenvalue weighted by Gasteiger charge is -1.96. The fraction of sp³-hybridized carbons (Fsp3) is 0.200. The Hall–Kier alpha value is -0.600. The van der Waals surface area contributed by atoms with Crippen molar-refractivity contribution in [3.05, 3.63) is 46.5 Å². The molecule has 0 saturated carbocycles. The van der Waals surface area contributed by atoms with Gasteiger partial charge in [0.15, 0.2) is 0 Å². The highest BCUT2D eigenvalue weighted by Gasteiger charge is 1.89. The molecular weight excluding hydrogens is 216 g/mol. The van der Waals surface area contributed by atoms with Gasteiger partial charge in [-0.15, -0.1) is 0 Å². The average molecular weight is 227 g/mol. The third kappa shape index (κ3) is 3.20. The molecule has 0 amide bonds. The van der Waals surface area contributed by atoms with Gasteiger partial charge in [-0.1, -0.05) is 40.2 Å². The van der Waals surface area contributed by atoms with E-state index in [9.17, 15) is 0 Å². The average Bonchev–Trinajstić information content (AvgIpc) is 2.05. The molecule has 2 heteroatoms. The quantitative estimate of drug-likeness (QED) is 0.786. The number of halogens is 1. The van der Waals surface area contributed by atoms with E-state index in [0.29, 0.717) is 0 Å². The zero-order chi connectivity index (χ0) is 8.81. The van der Waals surface area contributed by atoms with Crippen molar-refractivity contribution < 1.29 is 5.11 Å². The van der Waals surface area contributed by atoms with Crippen molar-refractivity contribution in [3.8, 4) is 0 Å². The van der Waals surface area contributed by atoms with Crippen LogP contribution in [0.3, 0.4) is 0 Å². The molecule has 0 aromatic heterocycles. The lowest BCUT2D eigenvalue weighted by Crippen LogP contribution is -1.80. The van der Waals surface area contributed by atoms with Crippen LogP contribution in [-0.4, -0.2) is 11.7 Å². The number of aliphatic hydroxyl groups excluding tert-OH is 1. The van der Waals surface area contributed by atoms with Crippen LogP contribution in [0.1, 0.15) is 5.56 Å². The lowest BCUT2D eigenvalue weighted by atomic mass is 10.1. The van der Waals surface area contributed by atoms with Gasteiger partial charge in [0, 0.05) is 4.47 Å². The van der Waals surface area contributed by atoms with Crippen LogP contribution in [0.5, 0.6) is 0 Å². The van der Waals surface area contributed by atoms with Crippen molar-refractivity contribution in [2.24, 2.45) is 0 Å². The summed E-state index contributed by atoms with van der Waals surface area (Å²) in [5.41, 5.74) is 1.24. The Morgan fingerprint density at radius 1 is 1.33 bits per heavy atom. The number of hydrogen-bond acceptors (Lipinski definition) is 1. The first-order valence-electron chi connectivity index (χ1n) is 3.83. The lowest BCUT2D eigenvalue weighted by molar-refractivity contribution is 0.342. The first kappa shape index (κ1) is 9.49. The van der Waals surface area contributed by atoms with Crippen LogP contribution in [0.2, 0.25) is 0 Å². The van der Waals surface area contributed by atoms with Crippen molar-refractivity contribution in [3.63, 3.8) is 0 Å². The Balaban J connectivity index is 2.57. The van der Waals surface area contributed by atoms with Crippen LogP contribution in [0.25, 0.3) is 0 Å². The molecule has 0 radical (unpaired) electrons. The maximum absolute atomic E-state index is 8.50. The third-order valence-corrected chi connectivity index (χ3v) is 2.01.